The van der Waals surface area contributed by atoms with Crippen LogP contribution in [0.3, 0.4) is 0 Å². The molecule has 0 unspecified atom stereocenters. The molecule has 0 amide bonds. The van der Waals surface area contributed by atoms with Gasteiger partial charge in [0.15, 0.2) is 0 Å². The van der Waals surface area contributed by atoms with Crippen molar-refractivity contribution in [2.24, 2.45) is 17.3 Å². The average Bonchev–Trinajstić information content (AvgIpc) is 3.57. The van der Waals surface area contributed by atoms with Gasteiger partial charge in [-0.15, -0.1) is 6.42 Å². The smallest absolute Gasteiger partial charge is 0.130 e. The molecule has 4 saturated carbocycles. The molecule has 0 saturated heterocycles. The van der Waals surface area contributed by atoms with Crippen LogP contribution in [0.15, 0.2) is 18.2 Å². The molecule has 0 bridgehead atoms. The Morgan fingerprint density at radius 1 is 0.939 bits per heavy atom. The van der Waals surface area contributed by atoms with E-state index in [-0.39, 0.29) is 5.41 Å². The third-order valence-electron chi connectivity index (χ3n) is 10.1. The number of terminal acetylenes is 1. The Morgan fingerprint density at radius 3 is 2.24 bits per heavy atom. The summed E-state index contributed by atoms with van der Waals surface area (Å²) in [5.41, 5.74) is 1.69. The number of aromatic hydroxyl groups is 1. The molecule has 0 radical (unpaired) electrons. The van der Waals surface area contributed by atoms with Crippen LogP contribution in [-0.4, -0.2) is 28.0 Å². The van der Waals surface area contributed by atoms with Gasteiger partial charge in [-0.1, -0.05) is 44.6 Å². The van der Waals surface area contributed by atoms with E-state index in [1.54, 1.807) is 0 Å². The lowest BCUT2D eigenvalue weighted by atomic mass is 9.53. The van der Waals surface area contributed by atoms with Gasteiger partial charge in [-0.25, -0.2) is 0 Å². The van der Waals surface area contributed by atoms with Crippen molar-refractivity contribution < 1.29 is 14.9 Å². The molecule has 0 heterocycles. The fourth-order valence-corrected chi connectivity index (χ4v) is 8.14. The van der Waals surface area contributed by atoms with Crippen molar-refractivity contribution in [3.05, 3.63) is 29.3 Å². The molecule has 3 heteroatoms. The number of benzene rings is 1. The van der Waals surface area contributed by atoms with Gasteiger partial charge in [-0.3, -0.25) is 0 Å². The van der Waals surface area contributed by atoms with Crippen LogP contribution in [-0.2, 0) is 11.2 Å². The average molecular weight is 451 g/mol. The molecule has 1 aromatic rings. The summed E-state index contributed by atoms with van der Waals surface area (Å²) in [5.74, 6) is 4.82. The fourth-order valence-electron chi connectivity index (χ4n) is 8.14. The van der Waals surface area contributed by atoms with Gasteiger partial charge in [0.1, 0.15) is 11.4 Å². The third kappa shape index (κ3) is 4.23. The monoisotopic (exact) mass is 450 g/mol. The Bertz CT molecular complexity index is 861. The zero-order chi connectivity index (χ0) is 23.1. The standard InChI is InChI=1S/C20H24O2.C10H18O/c1-3-20(22)11-9-18-17-6-4-13-12-14(21)5-7-15(13)16(17)8-10-19(18,20)2;1-2-6-9(5-1)11-10-7-3-4-8-10/h1,5,7,12,16-18,21-22H,4,6,8-11H2,2H3;9-10H,1-8H2/t16-,17-,18+,19+,20+;/m1./s1. The molecule has 0 aromatic heterocycles. The summed E-state index contributed by atoms with van der Waals surface area (Å²) in [6.07, 6.45) is 24.0. The van der Waals surface area contributed by atoms with Crippen molar-refractivity contribution in [2.75, 3.05) is 0 Å². The molecule has 5 atom stereocenters. The maximum absolute atomic E-state index is 10.9. The van der Waals surface area contributed by atoms with Crippen LogP contribution in [0.4, 0.5) is 0 Å². The Kier molecular flexibility index (Phi) is 6.53. The lowest BCUT2D eigenvalue weighted by Gasteiger charge is -2.52. The van der Waals surface area contributed by atoms with E-state index in [1.165, 1.54) is 62.5 Å². The normalized spacial score (nSPS) is 38.0. The quantitative estimate of drug-likeness (QED) is 0.506. The van der Waals surface area contributed by atoms with Crippen molar-refractivity contribution in [2.45, 2.75) is 121 Å². The molecule has 33 heavy (non-hydrogen) atoms. The van der Waals surface area contributed by atoms with E-state index in [9.17, 15) is 10.2 Å². The van der Waals surface area contributed by atoms with Crippen molar-refractivity contribution in [3.8, 4) is 18.1 Å². The molecular weight excluding hydrogens is 408 g/mol. The molecule has 5 aliphatic rings. The van der Waals surface area contributed by atoms with Crippen LogP contribution >= 0.6 is 0 Å². The number of phenolic OH excluding ortho intramolecular Hbond substituents is 1. The van der Waals surface area contributed by atoms with Gasteiger partial charge in [0.05, 0.1) is 12.2 Å². The van der Waals surface area contributed by atoms with E-state index in [0.717, 1.165) is 38.5 Å². The minimum Gasteiger partial charge on any atom is -0.508 e. The number of fused-ring (bicyclic) bond motifs is 5. The number of aliphatic hydroxyl groups is 1. The van der Waals surface area contributed by atoms with Crippen LogP contribution in [0.1, 0.15) is 107 Å². The third-order valence-corrected chi connectivity index (χ3v) is 10.1. The SMILES string of the molecule is C#C[C@]1(O)CC[C@H]2[C@@H]3CCc4cc(O)ccc4[C@H]3CC[C@@]21C.C1CCC(OC2CCCC2)C1. The highest BCUT2D eigenvalue weighted by molar-refractivity contribution is 5.40. The molecule has 0 aliphatic heterocycles. The second-order valence-electron chi connectivity index (χ2n) is 11.7. The van der Waals surface area contributed by atoms with Gasteiger partial charge in [0, 0.05) is 5.41 Å². The number of hydrogen-bond acceptors (Lipinski definition) is 3. The zero-order valence-electron chi connectivity index (χ0n) is 20.4. The largest absolute Gasteiger partial charge is 0.508 e. The first kappa shape index (κ1) is 23.3. The topological polar surface area (TPSA) is 49.7 Å². The van der Waals surface area contributed by atoms with E-state index in [1.807, 2.05) is 12.1 Å². The van der Waals surface area contributed by atoms with E-state index in [0.29, 0.717) is 35.7 Å². The van der Waals surface area contributed by atoms with Crippen LogP contribution in [0.25, 0.3) is 0 Å². The summed E-state index contributed by atoms with van der Waals surface area (Å²) in [6.45, 7) is 2.22. The van der Waals surface area contributed by atoms with Crippen LogP contribution in [0.5, 0.6) is 5.75 Å². The van der Waals surface area contributed by atoms with Gasteiger partial charge >= 0.3 is 0 Å². The van der Waals surface area contributed by atoms with Gasteiger partial charge in [-0.2, -0.15) is 0 Å². The predicted octanol–water partition coefficient (Wildman–Crippen LogP) is 6.50. The van der Waals surface area contributed by atoms with Crippen molar-refractivity contribution in [1.82, 2.24) is 0 Å². The number of rotatable bonds is 2. The maximum atomic E-state index is 10.9. The van der Waals surface area contributed by atoms with Gasteiger partial charge in [0.25, 0.3) is 0 Å². The van der Waals surface area contributed by atoms with Crippen molar-refractivity contribution in [3.63, 3.8) is 0 Å². The van der Waals surface area contributed by atoms with Gasteiger partial charge in [0.2, 0.25) is 0 Å². The number of phenols is 1. The Labute approximate surface area is 200 Å². The Balaban J connectivity index is 0.000000174. The Hall–Kier alpha value is -1.50. The van der Waals surface area contributed by atoms with Crippen LogP contribution in [0.2, 0.25) is 0 Å². The summed E-state index contributed by atoms with van der Waals surface area (Å²) in [4.78, 5) is 0. The predicted molar refractivity (Wildman–Crippen MR) is 132 cm³/mol. The minimum atomic E-state index is -0.919. The molecular formula is C30H42O3. The fraction of sp³-hybridized carbons (Fsp3) is 0.733. The zero-order valence-corrected chi connectivity index (χ0v) is 20.4. The first-order valence-electron chi connectivity index (χ1n) is 13.6. The molecule has 2 N–H and O–H groups in total. The molecule has 3 nitrogen and oxygen atoms in total. The summed E-state index contributed by atoms with van der Waals surface area (Å²) in [5, 5.41) is 20.6. The highest BCUT2D eigenvalue weighted by Crippen LogP contribution is 2.64. The summed E-state index contributed by atoms with van der Waals surface area (Å²) < 4.78 is 5.97. The van der Waals surface area contributed by atoms with Gasteiger partial charge < -0.3 is 14.9 Å². The molecule has 1 aromatic carbocycles. The highest BCUT2D eigenvalue weighted by Gasteiger charge is 2.61. The van der Waals surface area contributed by atoms with E-state index < -0.39 is 5.60 Å². The highest BCUT2D eigenvalue weighted by atomic mass is 16.5. The molecule has 6 rings (SSSR count). The maximum Gasteiger partial charge on any atom is 0.130 e. The first-order chi connectivity index (χ1) is 15.9. The number of aryl methyl sites for hydroxylation is 1. The molecule has 0 spiro atoms. The van der Waals surface area contributed by atoms with Crippen molar-refractivity contribution >= 4 is 0 Å². The summed E-state index contributed by atoms with van der Waals surface area (Å²) >= 11 is 0. The summed E-state index contributed by atoms with van der Waals surface area (Å²) in [7, 11) is 0. The van der Waals surface area contributed by atoms with E-state index in [2.05, 4.69) is 18.9 Å². The van der Waals surface area contributed by atoms with E-state index in [4.69, 9.17) is 11.2 Å². The number of ether oxygens (including phenoxy) is 1. The molecule has 4 fully saturated rings. The Morgan fingerprint density at radius 2 is 1.61 bits per heavy atom. The molecule has 5 aliphatic carbocycles. The van der Waals surface area contributed by atoms with Crippen LogP contribution < -0.4 is 0 Å². The second-order valence-corrected chi connectivity index (χ2v) is 11.7. The second kappa shape index (κ2) is 9.27. The number of hydrogen-bond donors (Lipinski definition) is 2. The van der Waals surface area contributed by atoms with Crippen molar-refractivity contribution in [1.29, 1.82) is 0 Å². The van der Waals surface area contributed by atoms with Gasteiger partial charge in [-0.05, 0) is 105 Å². The first-order valence-corrected chi connectivity index (χ1v) is 13.6. The lowest BCUT2D eigenvalue weighted by Crippen LogP contribution is -2.50. The molecule has 180 valence electrons. The van der Waals surface area contributed by atoms with Crippen LogP contribution in [0, 0.1) is 29.6 Å². The van der Waals surface area contributed by atoms with E-state index >= 15 is 0 Å². The lowest BCUT2D eigenvalue weighted by molar-refractivity contribution is -0.0646. The minimum absolute atomic E-state index is 0.128. The summed E-state index contributed by atoms with van der Waals surface area (Å²) in [6, 6.07) is 5.87.